The Morgan fingerprint density at radius 3 is 2.17 bits per heavy atom. The second-order valence-electron chi connectivity index (χ2n) is 2.87. The molecule has 0 bridgehead atoms. The summed E-state index contributed by atoms with van der Waals surface area (Å²) in [5, 5.41) is 8.62. The lowest BCUT2D eigenvalue weighted by Gasteiger charge is -2.31. The van der Waals surface area contributed by atoms with Crippen molar-refractivity contribution in [1.29, 1.82) is 0 Å². The molecule has 0 aliphatic carbocycles. The van der Waals surface area contributed by atoms with Crippen LogP contribution in [-0.2, 0) is 9.53 Å². The first-order valence-electron chi connectivity index (χ1n) is 3.69. The third-order valence-electron chi connectivity index (χ3n) is 2.23. The quantitative estimate of drug-likeness (QED) is 0.692. The molecule has 3 nitrogen and oxygen atoms in total. The maximum absolute atomic E-state index is 12.4. The van der Waals surface area contributed by atoms with Crippen LogP contribution in [0.5, 0.6) is 0 Å². The number of halogens is 2. The van der Waals surface area contributed by atoms with Crippen LogP contribution in [0.15, 0.2) is 0 Å². The predicted molar refractivity (Wildman–Crippen MR) is 36.1 cm³/mol. The molecule has 1 N–H and O–H groups in total. The van der Waals surface area contributed by atoms with Gasteiger partial charge in [-0.15, -0.1) is 0 Å². The lowest BCUT2D eigenvalue weighted by molar-refractivity contribution is -0.169. The van der Waals surface area contributed by atoms with E-state index in [1.165, 1.54) is 0 Å². The molecule has 1 fully saturated rings. The van der Waals surface area contributed by atoms with Crippen LogP contribution in [0.3, 0.4) is 0 Å². The third-order valence-corrected chi connectivity index (χ3v) is 2.23. The van der Waals surface area contributed by atoms with E-state index in [2.05, 4.69) is 0 Å². The SMILES string of the molecule is O=C(O)C1(C(F)F)CCOCC1. The van der Waals surface area contributed by atoms with Gasteiger partial charge in [0, 0.05) is 13.2 Å². The molecule has 12 heavy (non-hydrogen) atoms. The van der Waals surface area contributed by atoms with E-state index in [1.807, 2.05) is 0 Å². The van der Waals surface area contributed by atoms with E-state index in [0.29, 0.717) is 0 Å². The van der Waals surface area contributed by atoms with Crippen LogP contribution < -0.4 is 0 Å². The average molecular weight is 180 g/mol. The van der Waals surface area contributed by atoms with Gasteiger partial charge in [-0.1, -0.05) is 0 Å². The summed E-state index contributed by atoms with van der Waals surface area (Å²) < 4.78 is 29.6. The number of ether oxygens (including phenoxy) is 1. The van der Waals surface area contributed by atoms with E-state index in [-0.39, 0.29) is 26.1 Å². The summed E-state index contributed by atoms with van der Waals surface area (Å²) >= 11 is 0. The molecule has 1 saturated heterocycles. The Hall–Kier alpha value is -0.710. The van der Waals surface area contributed by atoms with Crippen LogP contribution in [0.1, 0.15) is 12.8 Å². The van der Waals surface area contributed by atoms with Crippen molar-refractivity contribution in [3.63, 3.8) is 0 Å². The first-order valence-corrected chi connectivity index (χ1v) is 3.69. The van der Waals surface area contributed by atoms with Crippen molar-refractivity contribution in [2.45, 2.75) is 19.3 Å². The van der Waals surface area contributed by atoms with Crippen LogP contribution in [0, 0.1) is 5.41 Å². The van der Waals surface area contributed by atoms with Gasteiger partial charge in [-0.3, -0.25) is 4.79 Å². The summed E-state index contributed by atoms with van der Waals surface area (Å²) in [6, 6.07) is 0. The van der Waals surface area contributed by atoms with Crippen molar-refractivity contribution in [2.24, 2.45) is 5.41 Å². The fraction of sp³-hybridized carbons (Fsp3) is 0.857. The molecule has 0 aromatic heterocycles. The zero-order chi connectivity index (χ0) is 9.19. The van der Waals surface area contributed by atoms with E-state index in [0.717, 1.165) is 0 Å². The minimum Gasteiger partial charge on any atom is -0.481 e. The number of hydrogen-bond acceptors (Lipinski definition) is 2. The highest BCUT2D eigenvalue weighted by atomic mass is 19.3. The average Bonchev–Trinajstić information content (AvgIpc) is 2.05. The van der Waals surface area contributed by atoms with Crippen LogP contribution in [0.2, 0.25) is 0 Å². The van der Waals surface area contributed by atoms with Gasteiger partial charge in [0.15, 0.2) is 0 Å². The Labute approximate surface area is 68.3 Å². The summed E-state index contributed by atoms with van der Waals surface area (Å²) in [6.07, 6.45) is -3.00. The molecule has 0 aromatic carbocycles. The summed E-state index contributed by atoms with van der Waals surface area (Å²) in [5.41, 5.74) is -1.86. The van der Waals surface area contributed by atoms with E-state index >= 15 is 0 Å². The monoisotopic (exact) mass is 180 g/mol. The molecule has 1 aliphatic rings. The molecule has 5 heteroatoms. The highest BCUT2D eigenvalue weighted by molar-refractivity contribution is 5.75. The summed E-state index contributed by atoms with van der Waals surface area (Å²) in [4.78, 5) is 10.6. The molecule has 0 aromatic rings. The standard InChI is InChI=1S/C7H10F2O3/c8-5(9)7(6(10)11)1-3-12-4-2-7/h5H,1-4H2,(H,10,11). The number of aliphatic carboxylic acids is 1. The summed E-state index contributed by atoms with van der Waals surface area (Å²) in [6.45, 7) is 0.216. The number of carboxylic acids is 1. The molecular weight excluding hydrogens is 170 g/mol. The molecule has 1 heterocycles. The largest absolute Gasteiger partial charge is 0.481 e. The molecule has 0 amide bonds. The molecule has 0 atom stereocenters. The van der Waals surface area contributed by atoms with Crippen molar-refractivity contribution < 1.29 is 23.4 Å². The van der Waals surface area contributed by atoms with Gasteiger partial charge in [0.2, 0.25) is 0 Å². The number of alkyl halides is 2. The molecule has 0 saturated carbocycles. The van der Waals surface area contributed by atoms with Gasteiger partial charge in [-0.05, 0) is 12.8 Å². The number of hydrogen-bond donors (Lipinski definition) is 1. The van der Waals surface area contributed by atoms with Gasteiger partial charge < -0.3 is 9.84 Å². The predicted octanol–water partition coefficient (Wildman–Crippen LogP) is 1.13. The highest BCUT2D eigenvalue weighted by Crippen LogP contribution is 2.36. The van der Waals surface area contributed by atoms with Crippen molar-refractivity contribution in [1.82, 2.24) is 0 Å². The second-order valence-corrected chi connectivity index (χ2v) is 2.87. The van der Waals surface area contributed by atoms with Crippen LogP contribution in [0.4, 0.5) is 8.78 Å². The lowest BCUT2D eigenvalue weighted by atomic mass is 9.81. The fourth-order valence-electron chi connectivity index (χ4n) is 1.26. The van der Waals surface area contributed by atoms with Crippen LogP contribution >= 0.6 is 0 Å². The molecule has 0 spiro atoms. The number of rotatable bonds is 2. The Kier molecular flexibility index (Phi) is 2.62. The maximum atomic E-state index is 12.4. The van der Waals surface area contributed by atoms with Crippen LogP contribution in [0.25, 0.3) is 0 Å². The Morgan fingerprint density at radius 1 is 1.42 bits per heavy atom. The summed E-state index contributed by atoms with van der Waals surface area (Å²) in [7, 11) is 0. The van der Waals surface area contributed by atoms with Crippen molar-refractivity contribution in [3.8, 4) is 0 Å². The lowest BCUT2D eigenvalue weighted by Crippen LogP contribution is -2.43. The van der Waals surface area contributed by atoms with Crippen LogP contribution in [-0.4, -0.2) is 30.7 Å². The first-order chi connectivity index (χ1) is 5.59. The molecule has 1 rings (SSSR count). The van der Waals surface area contributed by atoms with Gasteiger partial charge >= 0.3 is 5.97 Å². The third kappa shape index (κ3) is 1.41. The fourth-order valence-corrected chi connectivity index (χ4v) is 1.26. The van der Waals surface area contributed by atoms with Gasteiger partial charge in [0.25, 0.3) is 6.43 Å². The van der Waals surface area contributed by atoms with Gasteiger partial charge in [0.1, 0.15) is 5.41 Å². The topological polar surface area (TPSA) is 46.5 Å². The van der Waals surface area contributed by atoms with E-state index in [4.69, 9.17) is 9.84 Å². The normalized spacial score (nSPS) is 22.6. The minimum absolute atomic E-state index is 0.0972. The summed E-state index contributed by atoms with van der Waals surface area (Å²) in [5.74, 6) is -1.42. The van der Waals surface area contributed by atoms with E-state index in [9.17, 15) is 13.6 Å². The van der Waals surface area contributed by atoms with Crippen molar-refractivity contribution in [2.75, 3.05) is 13.2 Å². The van der Waals surface area contributed by atoms with Crippen molar-refractivity contribution in [3.05, 3.63) is 0 Å². The zero-order valence-electron chi connectivity index (χ0n) is 6.43. The number of carbonyl (C=O) groups is 1. The van der Waals surface area contributed by atoms with E-state index in [1.54, 1.807) is 0 Å². The zero-order valence-corrected chi connectivity index (χ0v) is 6.43. The Bertz CT molecular complexity index is 175. The number of carboxylic acid groups (broad SMARTS) is 1. The highest BCUT2D eigenvalue weighted by Gasteiger charge is 2.48. The van der Waals surface area contributed by atoms with Gasteiger partial charge in [-0.25, -0.2) is 8.78 Å². The molecular formula is C7H10F2O3. The first kappa shape index (κ1) is 9.38. The Morgan fingerprint density at radius 2 is 1.92 bits per heavy atom. The Balaban J connectivity index is 2.77. The van der Waals surface area contributed by atoms with Crippen molar-refractivity contribution >= 4 is 5.97 Å². The minimum atomic E-state index is -2.81. The van der Waals surface area contributed by atoms with Gasteiger partial charge in [0.05, 0.1) is 0 Å². The molecule has 70 valence electrons. The smallest absolute Gasteiger partial charge is 0.315 e. The second kappa shape index (κ2) is 3.35. The maximum Gasteiger partial charge on any atom is 0.315 e. The molecule has 0 radical (unpaired) electrons. The van der Waals surface area contributed by atoms with Gasteiger partial charge in [-0.2, -0.15) is 0 Å². The van der Waals surface area contributed by atoms with E-state index < -0.39 is 17.8 Å². The molecule has 0 unspecified atom stereocenters. The molecule has 1 aliphatic heterocycles.